The summed E-state index contributed by atoms with van der Waals surface area (Å²) in [6.45, 7) is 8.27. The molecule has 1 aliphatic rings. The van der Waals surface area contributed by atoms with Gasteiger partial charge in [-0.05, 0) is 33.8 Å². The van der Waals surface area contributed by atoms with Crippen molar-refractivity contribution < 1.29 is 18.7 Å². The first-order valence-electron chi connectivity index (χ1n) is 7.68. The third-order valence-corrected chi connectivity index (χ3v) is 3.86. The van der Waals surface area contributed by atoms with Gasteiger partial charge in [-0.15, -0.1) is 0 Å². The lowest BCUT2D eigenvalue weighted by atomic mass is 10.1. The second kappa shape index (κ2) is 6.93. The van der Waals surface area contributed by atoms with Crippen molar-refractivity contribution in [1.29, 1.82) is 0 Å². The van der Waals surface area contributed by atoms with Crippen LogP contribution >= 0.6 is 11.6 Å². The number of piperazine rings is 1. The number of halogens is 2. The van der Waals surface area contributed by atoms with E-state index in [1.54, 1.807) is 30.6 Å². The lowest BCUT2D eigenvalue weighted by Crippen LogP contribution is -2.56. The summed E-state index contributed by atoms with van der Waals surface area (Å²) >= 11 is 5.53. The molecule has 0 N–H and O–H groups in total. The van der Waals surface area contributed by atoms with Crippen molar-refractivity contribution in [1.82, 2.24) is 14.8 Å². The van der Waals surface area contributed by atoms with Crippen molar-refractivity contribution >= 4 is 23.6 Å². The molecule has 1 aromatic rings. The third-order valence-electron chi connectivity index (χ3n) is 3.59. The first-order valence-corrected chi connectivity index (χ1v) is 8.06. The highest BCUT2D eigenvalue weighted by atomic mass is 35.5. The lowest BCUT2D eigenvalue weighted by Gasteiger charge is -2.40. The van der Waals surface area contributed by atoms with E-state index in [1.807, 2.05) is 6.92 Å². The van der Waals surface area contributed by atoms with Gasteiger partial charge in [0.05, 0.1) is 5.56 Å². The summed E-state index contributed by atoms with van der Waals surface area (Å²) in [6.07, 6.45) is 0.847. The normalized spacial score (nSPS) is 18.5. The van der Waals surface area contributed by atoms with E-state index in [9.17, 15) is 14.0 Å². The molecule has 0 aromatic carbocycles. The van der Waals surface area contributed by atoms with E-state index < -0.39 is 17.5 Å². The Morgan fingerprint density at radius 3 is 2.58 bits per heavy atom. The summed E-state index contributed by atoms with van der Waals surface area (Å²) in [7, 11) is 0. The van der Waals surface area contributed by atoms with Gasteiger partial charge in [0.15, 0.2) is 11.0 Å². The molecule has 1 saturated heterocycles. The van der Waals surface area contributed by atoms with Crippen molar-refractivity contribution in [2.24, 2.45) is 0 Å². The van der Waals surface area contributed by atoms with Crippen LogP contribution in [-0.2, 0) is 4.74 Å². The van der Waals surface area contributed by atoms with Gasteiger partial charge in [0.2, 0.25) is 0 Å². The van der Waals surface area contributed by atoms with Crippen LogP contribution in [0.25, 0.3) is 0 Å². The summed E-state index contributed by atoms with van der Waals surface area (Å²) in [4.78, 5) is 31.4. The zero-order valence-corrected chi connectivity index (χ0v) is 14.9. The standard InChI is InChI=1S/C16H21ClFN3O3/c1-10-9-20(5-6-21(10)15(23)24-16(2,3)4)14(22)11-7-12(18)13(17)19-8-11/h7-8,10H,5-6,9H2,1-4H3. The molecule has 2 amide bonds. The van der Waals surface area contributed by atoms with Crippen LogP contribution in [0, 0.1) is 5.82 Å². The number of nitrogens with zero attached hydrogens (tertiary/aromatic N) is 3. The first kappa shape index (κ1) is 18.4. The highest BCUT2D eigenvalue weighted by molar-refractivity contribution is 6.29. The van der Waals surface area contributed by atoms with Gasteiger partial charge in [0.25, 0.3) is 5.91 Å². The fraction of sp³-hybridized carbons (Fsp3) is 0.562. The van der Waals surface area contributed by atoms with Crippen LogP contribution in [0.5, 0.6) is 0 Å². The van der Waals surface area contributed by atoms with E-state index >= 15 is 0 Å². The molecular formula is C16H21ClFN3O3. The monoisotopic (exact) mass is 357 g/mol. The summed E-state index contributed by atoms with van der Waals surface area (Å²) in [5.74, 6) is -1.07. The number of aromatic nitrogens is 1. The molecule has 1 atom stereocenters. The number of ether oxygens (including phenoxy) is 1. The summed E-state index contributed by atoms with van der Waals surface area (Å²) < 4.78 is 18.8. The van der Waals surface area contributed by atoms with Gasteiger partial charge < -0.3 is 14.5 Å². The van der Waals surface area contributed by atoms with Gasteiger partial charge in [0, 0.05) is 31.9 Å². The number of carbonyl (C=O) groups is 2. The molecular weight excluding hydrogens is 337 g/mol. The van der Waals surface area contributed by atoms with Crippen molar-refractivity contribution in [3.05, 3.63) is 28.8 Å². The van der Waals surface area contributed by atoms with E-state index in [0.717, 1.165) is 6.07 Å². The smallest absolute Gasteiger partial charge is 0.410 e. The Morgan fingerprint density at radius 1 is 1.38 bits per heavy atom. The first-order chi connectivity index (χ1) is 11.1. The van der Waals surface area contributed by atoms with Crippen LogP contribution in [0.15, 0.2) is 12.3 Å². The van der Waals surface area contributed by atoms with Gasteiger partial charge >= 0.3 is 6.09 Å². The molecule has 1 fully saturated rings. The van der Waals surface area contributed by atoms with Crippen LogP contribution in [0.4, 0.5) is 9.18 Å². The average Bonchev–Trinajstić information content (AvgIpc) is 2.47. The molecule has 0 radical (unpaired) electrons. The molecule has 0 saturated carbocycles. The molecule has 24 heavy (non-hydrogen) atoms. The highest BCUT2D eigenvalue weighted by Gasteiger charge is 2.33. The van der Waals surface area contributed by atoms with Gasteiger partial charge in [-0.2, -0.15) is 0 Å². The number of rotatable bonds is 1. The topological polar surface area (TPSA) is 62.7 Å². The molecule has 6 nitrogen and oxygen atoms in total. The van der Waals surface area contributed by atoms with Crippen molar-refractivity contribution in [3.8, 4) is 0 Å². The third kappa shape index (κ3) is 4.35. The number of carbonyl (C=O) groups excluding carboxylic acids is 2. The van der Waals surface area contributed by atoms with Crippen LogP contribution in [0.1, 0.15) is 38.1 Å². The van der Waals surface area contributed by atoms with Crippen molar-refractivity contribution in [2.75, 3.05) is 19.6 Å². The Morgan fingerprint density at radius 2 is 2.04 bits per heavy atom. The van der Waals surface area contributed by atoms with Gasteiger partial charge in [-0.25, -0.2) is 14.2 Å². The van der Waals surface area contributed by atoms with E-state index in [2.05, 4.69) is 4.98 Å². The quantitative estimate of drug-likeness (QED) is 0.725. The Labute approximate surface area is 145 Å². The Hall–Kier alpha value is -1.89. The average molecular weight is 358 g/mol. The fourth-order valence-corrected chi connectivity index (χ4v) is 2.56. The summed E-state index contributed by atoms with van der Waals surface area (Å²) in [5, 5.41) is -0.269. The number of amides is 2. The number of hydrogen-bond acceptors (Lipinski definition) is 4. The zero-order chi connectivity index (χ0) is 18.1. The number of pyridine rings is 1. The summed E-state index contributed by atoms with van der Waals surface area (Å²) in [6, 6.07) is 0.866. The van der Waals surface area contributed by atoms with Gasteiger partial charge in [-0.1, -0.05) is 11.6 Å². The molecule has 0 aliphatic carbocycles. The van der Waals surface area contributed by atoms with Crippen LogP contribution in [-0.4, -0.2) is 58.1 Å². The molecule has 8 heteroatoms. The molecule has 0 bridgehead atoms. The Balaban J connectivity index is 2.03. The minimum Gasteiger partial charge on any atom is -0.444 e. The zero-order valence-electron chi connectivity index (χ0n) is 14.2. The maximum Gasteiger partial charge on any atom is 0.410 e. The van der Waals surface area contributed by atoms with Crippen molar-refractivity contribution in [2.45, 2.75) is 39.3 Å². The van der Waals surface area contributed by atoms with E-state index in [1.165, 1.54) is 6.20 Å². The SMILES string of the molecule is CC1CN(C(=O)c2cnc(Cl)c(F)c2)CCN1C(=O)OC(C)(C)C. The second-order valence-corrected chi connectivity index (χ2v) is 7.13. The van der Waals surface area contributed by atoms with E-state index in [4.69, 9.17) is 16.3 Å². The molecule has 1 unspecified atom stereocenters. The maximum atomic E-state index is 13.5. The van der Waals surface area contributed by atoms with Crippen molar-refractivity contribution in [3.63, 3.8) is 0 Å². The Kier molecular flexibility index (Phi) is 5.32. The Bertz CT molecular complexity index is 648. The molecule has 1 aromatic heterocycles. The van der Waals surface area contributed by atoms with Gasteiger partial charge in [-0.3, -0.25) is 4.79 Å². The predicted octanol–water partition coefficient (Wildman–Crippen LogP) is 2.96. The molecule has 2 heterocycles. The van der Waals surface area contributed by atoms with Crippen LogP contribution in [0.2, 0.25) is 5.15 Å². The molecule has 2 rings (SSSR count). The second-order valence-electron chi connectivity index (χ2n) is 6.77. The summed E-state index contributed by atoms with van der Waals surface area (Å²) in [5.41, 5.74) is -0.439. The largest absolute Gasteiger partial charge is 0.444 e. The van der Waals surface area contributed by atoms with E-state index in [-0.39, 0.29) is 22.7 Å². The molecule has 132 valence electrons. The lowest BCUT2D eigenvalue weighted by molar-refractivity contribution is 0.00197. The minimum absolute atomic E-state index is 0.134. The van der Waals surface area contributed by atoms with Gasteiger partial charge in [0.1, 0.15) is 5.60 Å². The van der Waals surface area contributed by atoms with Crippen LogP contribution in [0.3, 0.4) is 0 Å². The molecule has 1 aliphatic heterocycles. The van der Waals surface area contributed by atoms with Crippen LogP contribution < -0.4 is 0 Å². The highest BCUT2D eigenvalue weighted by Crippen LogP contribution is 2.18. The predicted molar refractivity (Wildman–Crippen MR) is 87.5 cm³/mol. The fourth-order valence-electron chi connectivity index (χ4n) is 2.45. The maximum absolute atomic E-state index is 13.5. The molecule has 0 spiro atoms. The number of hydrogen-bond donors (Lipinski definition) is 0. The van der Waals surface area contributed by atoms with E-state index in [0.29, 0.717) is 19.6 Å². The minimum atomic E-state index is -0.733.